The van der Waals surface area contributed by atoms with Crippen molar-refractivity contribution in [3.8, 4) is 5.75 Å². The van der Waals surface area contributed by atoms with Crippen LogP contribution in [-0.2, 0) is 16.0 Å². The van der Waals surface area contributed by atoms with Gasteiger partial charge in [0, 0.05) is 19.5 Å². The van der Waals surface area contributed by atoms with Gasteiger partial charge in [0.1, 0.15) is 11.2 Å². The number of carboxylic acids is 1. The summed E-state index contributed by atoms with van der Waals surface area (Å²) in [7, 11) is 1.56. The number of nitrogens with zero attached hydrogens (tertiary/aromatic N) is 1. The fourth-order valence-electron chi connectivity index (χ4n) is 4.49. The molecule has 1 aromatic rings. The quantitative estimate of drug-likeness (QED) is 0.798. The fourth-order valence-corrected chi connectivity index (χ4v) is 4.49. The Bertz CT molecular complexity index is 685. The molecule has 0 bridgehead atoms. The van der Waals surface area contributed by atoms with Crippen LogP contribution in [0.5, 0.6) is 5.75 Å². The van der Waals surface area contributed by atoms with Crippen LogP contribution in [0.25, 0.3) is 0 Å². The Balaban J connectivity index is 1.78. The Kier molecular flexibility index (Phi) is 6.05. The van der Waals surface area contributed by atoms with Crippen molar-refractivity contribution in [3.05, 3.63) is 29.8 Å². The van der Waals surface area contributed by atoms with Crippen LogP contribution in [0.2, 0.25) is 0 Å². The summed E-state index contributed by atoms with van der Waals surface area (Å²) < 4.78 is 5.22. The van der Waals surface area contributed by atoms with Gasteiger partial charge in [-0.05, 0) is 49.3 Å². The molecule has 6 heteroatoms. The first-order valence-electron chi connectivity index (χ1n) is 9.77. The number of ether oxygens (including phenoxy) is 1. The number of likely N-dealkylation sites (tertiary alicyclic amines) is 1. The Hall–Kier alpha value is -2.08. The third-order valence-electron chi connectivity index (χ3n) is 6.15. The molecule has 6 nitrogen and oxygen atoms in total. The second-order valence-electron chi connectivity index (χ2n) is 7.96. The molecule has 27 heavy (non-hydrogen) atoms. The minimum absolute atomic E-state index is 0.0186. The topological polar surface area (TPSA) is 87.1 Å². The SMILES string of the molecule is COc1cccc(C[C@@]2(C(=O)O)CN(C(=O)CC3CCCC3)CC[C@H]2O)c1. The number of rotatable bonds is 6. The number of carbonyl (C=O) groups excluding carboxylic acids is 1. The lowest BCUT2D eigenvalue weighted by atomic mass is 9.72. The molecular formula is C21H29NO5. The average Bonchev–Trinajstić information content (AvgIpc) is 3.16. The Morgan fingerprint density at radius 3 is 2.67 bits per heavy atom. The summed E-state index contributed by atoms with van der Waals surface area (Å²) in [6.45, 7) is 0.464. The number of methoxy groups -OCH3 is 1. The number of amides is 1. The molecule has 3 rings (SSSR count). The highest BCUT2D eigenvalue weighted by atomic mass is 16.5. The molecule has 1 saturated carbocycles. The van der Waals surface area contributed by atoms with Crippen molar-refractivity contribution in [2.75, 3.05) is 20.2 Å². The van der Waals surface area contributed by atoms with E-state index in [9.17, 15) is 19.8 Å². The summed E-state index contributed by atoms with van der Waals surface area (Å²) in [5.41, 5.74) is -0.614. The fraction of sp³-hybridized carbons (Fsp3) is 0.619. The summed E-state index contributed by atoms with van der Waals surface area (Å²) in [4.78, 5) is 26.6. The smallest absolute Gasteiger partial charge is 0.314 e. The molecule has 148 valence electrons. The lowest BCUT2D eigenvalue weighted by Gasteiger charge is -2.43. The van der Waals surface area contributed by atoms with Gasteiger partial charge in [0.2, 0.25) is 5.91 Å². The second kappa shape index (κ2) is 8.30. The molecule has 0 spiro atoms. The zero-order valence-corrected chi connectivity index (χ0v) is 15.9. The Labute approximate surface area is 160 Å². The zero-order valence-electron chi connectivity index (χ0n) is 15.9. The van der Waals surface area contributed by atoms with Gasteiger partial charge in [-0.2, -0.15) is 0 Å². The van der Waals surface area contributed by atoms with E-state index in [1.54, 1.807) is 24.1 Å². The van der Waals surface area contributed by atoms with Crippen LogP contribution in [0.4, 0.5) is 0 Å². The van der Waals surface area contributed by atoms with Crippen LogP contribution < -0.4 is 4.74 Å². The highest BCUT2D eigenvalue weighted by molar-refractivity contribution is 5.80. The van der Waals surface area contributed by atoms with Crippen LogP contribution in [-0.4, -0.2) is 53.3 Å². The first-order chi connectivity index (χ1) is 12.9. The van der Waals surface area contributed by atoms with Gasteiger partial charge in [0.25, 0.3) is 0 Å². The third kappa shape index (κ3) is 4.26. The maximum atomic E-state index is 12.8. The Morgan fingerprint density at radius 2 is 2.00 bits per heavy atom. The van der Waals surface area contributed by atoms with Gasteiger partial charge in [-0.3, -0.25) is 9.59 Å². The summed E-state index contributed by atoms with van der Waals surface area (Å²) in [5, 5.41) is 20.6. The molecule has 2 atom stereocenters. The molecule has 2 fully saturated rings. The number of hydrogen-bond acceptors (Lipinski definition) is 4. The van der Waals surface area contributed by atoms with Crippen molar-refractivity contribution in [2.24, 2.45) is 11.3 Å². The number of benzene rings is 1. The molecular weight excluding hydrogens is 346 g/mol. The van der Waals surface area contributed by atoms with Crippen LogP contribution in [0, 0.1) is 11.3 Å². The van der Waals surface area contributed by atoms with Crippen molar-refractivity contribution in [1.29, 1.82) is 0 Å². The van der Waals surface area contributed by atoms with Gasteiger partial charge in [-0.1, -0.05) is 25.0 Å². The van der Waals surface area contributed by atoms with Crippen LogP contribution in [0.3, 0.4) is 0 Å². The van der Waals surface area contributed by atoms with Gasteiger partial charge in [0.05, 0.1) is 13.2 Å². The molecule has 1 heterocycles. The molecule has 2 aliphatic rings. The highest BCUT2D eigenvalue weighted by Crippen LogP contribution is 2.36. The van der Waals surface area contributed by atoms with Gasteiger partial charge >= 0.3 is 5.97 Å². The van der Waals surface area contributed by atoms with E-state index < -0.39 is 17.5 Å². The first-order valence-corrected chi connectivity index (χ1v) is 9.77. The second-order valence-corrected chi connectivity index (χ2v) is 7.96. The minimum atomic E-state index is -1.39. The Morgan fingerprint density at radius 1 is 1.26 bits per heavy atom. The van der Waals surface area contributed by atoms with Crippen molar-refractivity contribution < 1.29 is 24.5 Å². The van der Waals surface area contributed by atoms with Crippen molar-refractivity contribution >= 4 is 11.9 Å². The number of carbonyl (C=O) groups is 2. The van der Waals surface area contributed by atoms with E-state index in [-0.39, 0.29) is 25.3 Å². The normalized spacial score (nSPS) is 26.1. The van der Waals surface area contributed by atoms with Gasteiger partial charge in [-0.25, -0.2) is 0 Å². The molecule has 1 aliphatic carbocycles. The van der Waals surface area contributed by atoms with Gasteiger partial charge < -0.3 is 19.8 Å². The van der Waals surface area contributed by atoms with E-state index >= 15 is 0 Å². The summed E-state index contributed by atoms with van der Waals surface area (Å²) in [6, 6.07) is 7.23. The standard InChI is InChI=1S/C21H29NO5/c1-27-17-8-4-7-16(11-17)13-21(20(25)26)14-22(10-9-18(21)23)19(24)12-15-5-2-3-6-15/h4,7-8,11,15,18,23H,2-3,5-6,9-10,12-14H2,1H3,(H,25,26)/t18-,21-/m1/s1. The first kappa shape index (κ1) is 19.7. The van der Waals surface area contributed by atoms with Crippen molar-refractivity contribution in [1.82, 2.24) is 4.90 Å². The molecule has 0 unspecified atom stereocenters. The van der Waals surface area contributed by atoms with Crippen LogP contribution in [0.1, 0.15) is 44.1 Å². The van der Waals surface area contributed by atoms with E-state index in [1.807, 2.05) is 12.1 Å². The van der Waals surface area contributed by atoms with E-state index in [4.69, 9.17) is 4.74 Å². The lowest BCUT2D eigenvalue weighted by Crippen LogP contribution is -2.58. The predicted molar refractivity (Wildman–Crippen MR) is 101 cm³/mol. The number of aliphatic hydroxyl groups is 1. The highest BCUT2D eigenvalue weighted by Gasteiger charge is 2.50. The molecule has 1 saturated heterocycles. The largest absolute Gasteiger partial charge is 0.497 e. The number of hydrogen-bond donors (Lipinski definition) is 2. The van der Waals surface area contributed by atoms with E-state index in [2.05, 4.69) is 0 Å². The lowest BCUT2D eigenvalue weighted by molar-refractivity contribution is -0.166. The third-order valence-corrected chi connectivity index (χ3v) is 6.15. The molecule has 1 aliphatic heterocycles. The average molecular weight is 375 g/mol. The molecule has 1 aromatic carbocycles. The van der Waals surface area contributed by atoms with Gasteiger partial charge in [-0.15, -0.1) is 0 Å². The number of aliphatic carboxylic acids is 1. The summed E-state index contributed by atoms with van der Waals surface area (Å²) in [6.07, 6.45) is 4.45. The number of carboxylic acid groups (broad SMARTS) is 1. The number of piperidine rings is 1. The van der Waals surface area contributed by atoms with Gasteiger partial charge in [0.15, 0.2) is 0 Å². The van der Waals surface area contributed by atoms with E-state index in [0.717, 1.165) is 18.4 Å². The summed E-state index contributed by atoms with van der Waals surface area (Å²) in [5.74, 6) is 0.0238. The minimum Gasteiger partial charge on any atom is -0.497 e. The predicted octanol–water partition coefficient (Wildman–Crippen LogP) is 2.48. The van der Waals surface area contributed by atoms with E-state index in [1.165, 1.54) is 12.8 Å². The summed E-state index contributed by atoms with van der Waals surface area (Å²) >= 11 is 0. The van der Waals surface area contributed by atoms with Crippen molar-refractivity contribution in [2.45, 2.75) is 51.0 Å². The molecule has 0 radical (unpaired) electrons. The molecule has 2 N–H and O–H groups in total. The monoisotopic (exact) mass is 375 g/mol. The molecule has 0 aromatic heterocycles. The maximum Gasteiger partial charge on any atom is 0.314 e. The maximum absolute atomic E-state index is 12.8. The number of aliphatic hydroxyl groups excluding tert-OH is 1. The van der Waals surface area contributed by atoms with Crippen LogP contribution in [0.15, 0.2) is 24.3 Å². The van der Waals surface area contributed by atoms with Crippen molar-refractivity contribution in [3.63, 3.8) is 0 Å². The van der Waals surface area contributed by atoms with E-state index in [0.29, 0.717) is 24.6 Å². The molecule has 1 amide bonds. The zero-order chi connectivity index (χ0) is 19.4. The van der Waals surface area contributed by atoms with Crippen LogP contribution >= 0.6 is 0 Å².